The van der Waals surface area contributed by atoms with Crippen LogP contribution in [0.1, 0.15) is 120 Å². The summed E-state index contributed by atoms with van der Waals surface area (Å²) in [5, 5.41) is 22.8. The van der Waals surface area contributed by atoms with E-state index in [-0.39, 0.29) is 21.1 Å². The topological polar surface area (TPSA) is 474 Å². The zero-order chi connectivity index (χ0) is 92.6. The van der Waals surface area contributed by atoms with Gasteiger partial charge in [-0.05, 0) is 232 Å². The Labute approximate surface area is 752 Å². The van der Waals surface area contributed by atoms with Crippen molar-refractivity contribution in [2.24, 2.45) is 0 Å². The van der Waals surface area contributed by atoms with Crippen LogP contribution in [0.25, 0.3) is 44.5 Å². The lowest BCUT2D eigenvalue weighted by molar-refractivity contribution is 0.112. The molecule has 38 nitrogen and oxygen atoms in total. The van der Waals surface area contributed by atoms with Gasteiger partial charge in [-0.25, -0.2) is 53.0 Å². The highest BCUT2D eigenvalue weighted by Gasteiger charge is 2.35. The molecule has 8 N–H and O–H groups in total. The number of benzene rings is 4. The smallest absolute Gasteiger partial charge is 0.363 e. The van der Waals surface area contributed by atoms with E-state index < -0.39 is 81.7 Å². The minimum absolute atomic E-state index is 0.190. The Morgan fingerprint density at radius 3 is 1.23 bits per heavy atom. The number of hydrogen-bond acceptors (Lipinski definition) is 27. The molecule has 130 heavy (non-hydrogen) atoms. The van der Waals surface area contributed by atoms with E-state index in [1.807, 2.05) is 107 Å². The summed E-state index contributed by atoms with van der Waals surface area (Å²) in [6.45, 7) is 19.0. The van der Waals surface area contributed by atoms with Crippen molar-refractivity contribution in [3.8, 4) is 79.4 Å². The molecule has 4 aromatic carbocycles. The summed E-state index contributed by atoms with van der Waals surface area (Å²) in [4.78, 5) is 69.8. The number of likely N-dealkylation sites (tertiary alicyclic amines) is 1. The molecular weight excluding hydrogens is 1760 g/mol. The molecule has 11 aromatic rings. The number of urea groups is 4. The molecule has 2 aliphatic carbocycles. The van der Waals surface area contributed by atoms with Gasteiger partial charge in [-0.3, -0.25) is 23.2 Å². The number of nitrogens with zero attached hydrogens (tertiary/aromatic N) is 11. The number of carbonyl (C=O) groups is 4. The fourth-order valence-corrected chi connectivity index (χ4v) is 18.7. The third kappa shape index (κ3) is 22.0. The number of hydrogen-bond donors (Lipinski definition) is 8. The molecule has 0 radical (unpaired) electrons. The lowest BCUT2D eigenvalue weighted by Crippen LogP contribution is -2.47. The number of carbonyl (C=O) groups excluding carboxylic acids is 4. The number of ether oxygens (including phenoxy) is 6. The van der Waals surface area contributed by atoms with Crippen molar-refractivity contribution in [3.05, 3.63) is 192 Å². The summed E-state index contributed by atoms with van der Waals surface area (Å²) in [5.41, 5.74) is 12.7. The zero-order valence-corrected chi connectivity index (χ0v) is 76.6. The normalized spacial score (nSPS) is 14.4. The average Bonchev–Trinajstić information content (AvgIpc) is 1.39. The first-order valence-corrected chi connectivity index (χ1v) is 47.7. The van der Waals surface area contributed by atoms with Crippen LogP contribution >= 0.6 is 0 Å². The Kier molecular flexibility index (Phi) is 27.8. The molecule has 0 bridgehead atoms. The zero-order valence-electron chi connectivity index (χ0n) is 73.3. The van der Waals surface area contributed by atoms with Crippen molar-refractivity contribution >= 4 is 87.2 Å². The highest BCUT2D eigenvalue weighted by molar-refractivity contribution is 7.90. The number of aromatic nitrogens is 10. The van der Waals surface area contributed by atoms with Crippen molar-refractivity contribution in [2.45, 2.75) is 158 Å². The van der Waals surface area contributed by atoms with Crippen molar-refractivity contribution in [1.82, 2.24) is 73.1 Å². The van der Waals surface area contributed by atoms with Gasteiger partial charge in [0.1, 0.15) is 17.2 Å². The molecule has 0 spiro atoms. The number of rotatable bonds is 24. The van der Waals surface area contributed by atoms with Crippen LogP contribution in [-0.4, -0.2) is 179 Å². The van der Waals surface area contributed by atoms with Gasteiger partial charge in [0.2, 0.25) is 17.6 Å². The quantitative estimate of drug-likeness (QED) is 0.0278. The lowest BCUT2D eigenvalue weighted by Gasteiger charge is -2.38. The van der Waals surface area contributed by atoms with Gasteiger partial charge in [0.15, 0.2) is 15.1 Å². The molecule has 17 rings (SSSR count). The molecule has 2 fully saturated rings. The number of amides is 8. The molecule has 11 heterocycles. The minimum atomic E-state index is -4.21. The molecule has 1 saturated carbocycles. The molecule has 4 aliphatic heterocycles. The summed E-state index contributed by atoms with van der Waals surface area (Å²) < 4.78 is 151. The summed E-state index contributed by atoms with van der Waals surface area (Å²) in [5.74, 6) is 3.25. The van der Waals surface area contributed by atoms with E-state index in [9.17, 15) is 52.8 Å². The number of anilines is 4. The standard InChI is InChI=1S/C25H30N6O5S.C22H23N5O5S.C22H25N5O4S.C19H23N3O5S/c1-25(2,16-30-11-4-12-30)31-13-8-22(28-31)37(33,34)29-24(32)27-23-18(5-6-20-19(23)9-14-36-20)17-7-10-26-21(15-17)35-3;1-31-19-13-14(7-10-23-19)16-5-6-18-17(9-12-32-18)21(16)24-22(28)26-33(29,30)20-8-11-27(25-20)15-3-2-4-15;1-14-13-15(7-10-23-14)16-5-6-18-17(9-12-31-18)20(16)24-21(28)26-32(29,30)19-8-11-27(25-19)22(2,3)4;1-12(2)27-28(24,25)22-19(23)21-18-15-6-4-5-13(15)7-8-16(18)14-9-10-20-17(11-14)26-3/h5-8,10,13,15H,4,9,11-12,14,16H2,1-3H3,(H2,27,29,32);5-8,10-11,13,15H,2-4,9,12H2,1H3,(H2,24,26,28);5-8,10-11,13H,9,12H2,1-4H3,(H2,24,26,28);7-12H,4-6H2,1-3H3,(H2,21,22,23). The fourth-order valence-electron chi connectivity index (χ4n) is 15.4. The summed E-state index contributed by atoms with van der Waals surface area (Å²) in [7, 11) is -12.1. The summed E-state index contributed by atoms with van der Waals surface area (Å²) in [6.07, 6.45) is 19.4. The second-order valence-electron chi connectivity index (χ2n) is 33.0. The Hall–Kier alpha value is -13.3. The van der Waals surface area contributed by atoms with E-state index in [4.69, 9.17) is 32.6 Å². The maximum atomic E-state index is 13.0. The first-order chi connectivity index (χ1) is 61.9. The average molecular weight is 1860 g/mol. The van der Waals surface area contributed by atoms with E-state index in [2.05, 4.69) is 75.6 Å². The van der Waals surface area contributed by atoms with Gasteiger partial charge in [-0.2, -0.15) is 49.0 Å². The van der Waals surface area contributed by atoms with Crippen LogP contribution in [-0.2, 0) is 87.7 Å². The highest BCUT2D eigenvalue weighted by atomic mass is 32.2. The predicted octanol–water partition coefficient (Wildman–Crippen LogP) is 12.5. The maximum Gasteiger partial charge on any atom is 0.363 e. The van der Waals surface area contributed by atoms with Gasteiger partial charge in [0.05, 0.1) is 87.1 Å². The number of pyridine rings is 4. The van der Waals surface area contributed by atoms with Gasteiger partial charge in [0, 0.05) is 132 Å². The number of methoxy groups -OCH3 is 3. The van der Waals surface area contributed by atoms with Crippen LogP contribution in [0, 0.1) is 6.92 Å². The molecular formula is C88H101N19O19S4. The van der Waals surface area contributed by atoms with E-state index in [0.717, 1.165) is 125 Å². The van der Waals surface area contributed by atoms with E-state index in [0.29, 0.717) is 108 Å². The molecule has 8 amide bonds. The minimum Gasteiger partial charge on any atom is -0.493 e. The van der Waals surface area contributed by atoms with Crippen LogP contribution in [0.4, 0.5) is 41.9 Å². The first kappa shape index (κ1) is 92.9. The first-order valence-electron chi connectivity index (χ1n) is 41.8. The third-order valence-electron chi connectivity index (χ3n) is 21.9. The van der Waals surface area contributed by atoms with Crippen LogP contribution in [0.5, 0.6) is 34.9 Å². The van der Waals surface area contributed by atoms with Gasteiger partial charge in [0.25, 0.3) is 30.1 Å². The number of fused-ring (bicyclic) bond motifs is 4. The monoisotopic (exact) mass is 1860 g/mol. The van der Waals surface area contributed by atoms with Crippen molar-refractivity contribution < 1.29 is 85.5 Å². The Morgan fingerprint density at radius 2 is 0.838 bits per heavy atom. The van der Waals surface area contributed by atoms with Crippen molar-refractivity contribution in [3.63, 3.8) is 0 Å². The van der Waals surface area contributed by atoms with E-state index in [1.54, 1.807) is 103 Å². The van der Waals surface area contributed by atoms with Crippen molar-refractivity contribution in [2.75, 3.05) is 82.1 Å². The van der Waals surface area contributed by atoms with Crippen LogP contribution in [0.3, 0.4) is 0 Å². The molecule has 0 atom stereocenters. The Bertz CT molecular complexity index is 6590. The number of aryl methyl sites for hydroxylation is 2. The molecule has 1 saturated heterocycles. The Morgan fingerprint density at radius 1 is 0.446 bits per heavy atom. The highest BCUT2D eigenvalue weighted by Crippen LogP contribution is 2.45. The summed E-state index contributed by atoms with van der Waals surface area (Å²) >= 11 is 0. The van der Waals surface area contributed by atoms with E-state index >= 15 is 0 Å². The third-order valence-corrected chi connectivity index (χ3v) is 26.7. The second-order valence-corrected chi connectivity index (χ2v) is 39.2. The van der Waals surface area contributed by atoms with Gasteiger partial charge in [-0.1, -0.05) is 12.1 Å². The van der Waals surface area contributed by atoms with Crippen LogP contribution < -0.4 is 68.6 Å². The van der Waals surface area contributed by atoms with E-state index in [1.165, 1.54) is 50.6 Å². The van der Waals surface area contributed by atoms with Crippen molar-refractivity contribution in [1.29, 1.82) is 0 Å². The lowest BCUT2D eigenvalue weighted by atomic mass is 9.93. The second kappa shape index (κ2) is 39.0. The van der Waals surface area contributed by atoms with Gasteiger partial charge < -0.3 is 54.6 Å². The molecule has 686 valence electrons. The molecule has 6 aliphatic rings. The van der Waals surface area contributed by atoms with Gasteiger partial charge in [-0.15, -0.1) is 0 Å². The predicted molar refractivity (Wildman–Crippen MR) is 483 cm³/mol. The van der Waals surface area contributed by atoms with Gasteiger partial charge >= 0.3 is 34.4 Å². The fraction of sp³-hybridized carbons (Fsp3) is 0.352. The van der Waals surface area contributed by atoms with Crippen LogP contribution in [0.2, 0.25) is 0 Å². The number of nitrogens with one attached hydrogen (secondary N) is 8. The summed E-state index contributed by atoms with van der Waals surface area (Å²) in [6, 6.07) is 30.1. The molecule has 7 aromatic heterocycles. The molecule has 0 unspecified atom stereocenters. The molecule has 42 heteroatoms. The largest absolute Gasteiger partial charge is 0.493 e. The SMILES string of the molecule is COc1cc(-c2ccc3c(c2NC(=O)NS(=O)(=O)OC(C)C)CCC3)ccn1.COc1cc(-c2ccc3c(c2NC(=O)NS(=O)(=O)c2ccn(C(C)(C)CN4CCC4)n2)CCO3)ccn1.COc1cc(-c2ccc3c(c2NC(=O)NS(=O)(=O)c2ccn(C4CCC4)n2)CCO3)ccn1.Cc1cc(-c2ccc3c(c2NC(=O)NS(=O)(=O)c2ccn(C(C)(C)C)n2)CCO3)ccn1. The maximum absolute atomic E-state index is 13.0. The van der Waals surface area contributed by atoms with Crippen LogP contribution in [0.15, 0.2) is 174 Å². The number of sulfonamides is 3. The Balaban J connectivity index is 0.000000140.